The van der Waals surface area contributed by atoms with Crippen molar-refractivity contribution in [2.75, 3.05) is 0 Å². The van der Waals surface area contributed by atoms with Gasteiger partial charge in [-0.25, -0.2) is 0 Å². The lowest BCUT2D eigenvalue weighted by Crippen LogP contribution is -2.45. The summed E-state index contributed by atoms with van der Waals surface area (Å²) in [5.41, 5.74) is 3.27. The van der Waals surface area contributed by atoms with Gasteiger partial charge in [-0.1, -0.05) is 113 Å². The van der Waals surface area contributed by atoms with Crippen LogP contribution in [0.25, 0.3) is 0 Å². The normalized spacial score (nSPS) is 20.5. The molecule has 0 saturated carbocycles. The fourth-order valence-electron chi connectivity index (χ4n) is 6.13. The van der Waals surface area contributed by atoms with Gasteiger partial charge in [0, 0.05) is 12.8 Å². The monoisotopic (exact) mass is 619 g/mol. The third-order valence-corrected chi connectivity index (χ3v) is 8.40. The molecule has 252 valence electrons. The molecule has 0 spiro atoms. The Kier molecular flexibility index (Phi) is 21.2. The molecule has 2 aliphatic heterocycles. The molecular formula is C42H66O3. The van der Waals surface area contributed by atoms with Crippen molar-refractivity contribution < 1.29 is 14.2 Å². The maximum atomic E-state index is 6.78. The number of hydrogen-bond acceptors (Lipinski definition) is 3. The zero-order valence-electron chi connectivity index (χ0n) is 29.4. The highest BCUT2D eigenvalue weighted by atomic mass is 16.8. The zero-order valence-corrected chi connectivity index (χ0v) is 29.4. The molecule has 0 saturated heterocycles. The van der Waals surface area contributed by atoms with Gasteiger partial charge in [-0.05, 0) is 114 Å². The molecule has 0 N–H and O–H groups in total. The molecule has 2 rings (SSSR count). The Hall–Kier alpha value is -2.52. The zero-order chi connectivity index (χ0) is 32.3. The predicted octanol–water partition coefficient (Wildman–Crippen LogP) is 13.4. The molecule has 0 aliphatic carbocycles. The van der Waals surface area contributed by atoms with Crippen molar-refractivity contribution in [2.24, 2.45) is 0 Å². The summed E-state index contributed by atoms with van der Waals surface area (Å²) >= 11 is 0. The molecule has 3 heteroatoms. The molecule has 0 bridgehead atoms. The molecular weight excluding hydrogens is 552 g/mol. The maximum Gasteiger partial charge on any atom is 0.233 e. The largest absolute Gasteiger partial charge is 0.466 e. The molecule has 0 aromatic rings. The van der Waals surface area contributed by atoms with Gasteiger partial charge < -0.3 is 9.47 Å². The van der Waals surface area contributed by atoms with E-state index in [1.165, 1.54) is 51.4 Å². The van der Waals surface area contributed by atoms with E-state index in [0.717, 1.165) is 77.0 Å². The molecule has 2 atom stereocenters. The first kappa shape index (κ1) is 38.7. The van der Waals surface area contributed by atoms with Crippen LogP contribution in [0, 0.1) is 0 Å². The van der Waals surface area contributed by atoms with Gasteiger partial charge in [-0.3, -0.25) is 4.74 Å². The fraction of sp³-hybridized carbons (Fsp3) is 0.619. The van der Waals surface area contributed by atoms with Crippen molar-refractivity contribution in [1.29, 1.82) is 0 Å². The second-order valence-corrected chi connectivity index (χ2v) is 12.7. The van der Waals surface area contributed by atoms with E-state index in [9.17, 15) is 0 Å². The van der Waals surface area contributed by atoms with Gasteiger partial charge >= 0.3 is 0 Å². The Morgan fingerprint density at radius 1 is 0.511 bits per heavy atom. The standard InChI is InChI=1S/C42H66O3/c1-5-27-39(28-6-2)31-19-15-11-9-13-17-21-33-41(35-23-25-37-43-41)45-42(36-24-26-38-44-42)34-22-18-14-10-12-16-20-32-40(29-7-3)30-8-4/h9-12,23-26,31-32,35-38H,5-8,13-22,27-30,33-34H2,1-4H3. The Labute approximate surface area is 278 Å². The number of ether oxygens (including phenoxy) is 3. The summed E-state index contributed by atoms with van der Waals surface area (Å²) in [4.78, 5) is 0. The van der Waals surface area contributed by atoms with Crippen LogP contribution in [-0.2, 0) is 14.2 Å². The quantitative estimate of drug-likeness (QED) is 0.0713. The molecule has 2 aliphatic rings. The lowest BCUT2D eigenvalue weighted by molar-refractivity contribution is -0.301. The minimum absolute atomic E-state index is 0.792. The van der Waals surface area contributed by atoms with Crippen LogP contribution in [0.5, 0.6) is 0 Å². The van der Waals surface area contributed by atoms with E-state index < -0.39 is 11.6 Å². The van der Waals surface area contributed by atoms with Gasteiger partial charge in [0.25, 0.3) is 0 Å². The van der Waals surface area contributed by atoms with E-state index in [-0.39, 0.29) is 0 Å². The third kappa shape index (κ3) is 17.1. The molecule has 0 fully saturated rings. The summed E-state index contributed by atoms with van der Waals surface area (Å²) in [5, 5.41) is 0. The summed E-state index contributed by atoms with van der Waals surface area (Å²) in [6, 6.07) is 0. The Morgan fingerprint density at radius 3 is 1.27 bits per heavy atom. The maximum absolute atomic E-state index is 6.78. The molecule has 2 unspecified atom stereocenters. The highest BCUT2D eigenvalue weighted by Gasteiger charge is 2.42. The SMILES string of the molecule is CCCC(=CCCC=CCCCCC1(OC2(CCCCC=CCCC=C(CCC)CCC)C=CC=CO2)C=CC=CO1)CCC. The lowest BCUT2D eigenvalue weighted by Gasteiger charge is -2.41. The van der Waals surface area contributed by atoms with Crippen LogP contribution in [0.15, 0.2) is 96.6 Å². The fourth-order valence-corrected chi connectivity index (χ4v) is 6.13. The van der Waals surface area contributed by atoms with E-state index in [1.807, 2.05) is 24.3 Å². The minimum Gasteiger partial charge on any atom is -0.466 e. The lowest BCUT2D eigenvalue weighted by atomic mass is 10.0. The van der Waals surface area contributed by atoms with E-state index >= 15 is 0 Å². The second-order valence-electron chi connectivity index (χ2n) is 12.7. The second kappa shape index (κ2) is 24.7. The minimum atomic E-state index is -0.810. The van der Waals surface area contributed by atoms with E-state index in [0.29, 0.717) is 0 Å². The molecule has 0 amide bonds. The Bertz CT molecular complexity index is 911. The van der Waals surface area contributed by atoms with Crippen LogP contribution >= 0.6 is 0 Å². The van der Waals surface area contributed by atoms with Crippen LogP contribution in [-0.4, -0.2) is 11.6 Å². The first-order valence-corrected chi connectivity index (χ1v) is 18.5. The first-order valence-electron chi connectivity index (χ1n) is 18.5. The van der Waals surface area contributed by atoms with E-state index in [2.05, 4.69) is 76.3 Å². The number of rotatable bonds is 26. The highest BCUT2D eigenvalue weighted by molar-refractivity contribution is 5.16. The van der Waals surface area contributed by atoms with Gasteiger partial charge in [0.1, 0.15) is 0 Å². The van der Waals surface area contributed by atoms with Crippen molar-refractivity contribution in [2.45, 2.75) is 168 Å². The van der Waals surface area contributed by atoms with Crippen LogP contribution in [0.4, 0.5) is 0 Å². The molecule has 0 radical (unpaired) electrons. The van der Waals surface area contributed by atoms with Gasteiger partial charge in [0.2, 0.25) is 11.6 Å². The number of unbranched alkanes of at least 4 members (excludes halogenated alkanes) is 6. The average molecular weight is 619 g/mol. The molecule has 0 aromatic heterocycles. The van der Waals surface area contributed by atoms with Crippen LogP contribution in [0.1, 0.15) is 156 Å². The Balaban J connectivity index is 1.79. The summed E-state index contributed by atoms with van der Waals surface area (Å²) in [7, 11) is 0. The highest BCUT2D eigenvalue weighted by Crippen LogP contribution is 2.37. The van der Waals surface area contributed by atoms with E-state index in [4.69, 9.17) is 14.2 Å². The third-order valence-electron chi connectivity index (χ3n) is 8.40. The van der Waals surface area contributed by atoms with Crippen molar-refractivity contribution in [1.82, 2.24) is 0 Å². The van der Waals surface area contributed by atoms with Gasteiger partial charge in [0.15, 0.2) is 0 Å². The van der Waals surface area contributed by atoms with Crippen LogP contribution in [0.3, 0.4) is 0 Å². The summed E-state index contributed by atoms with van der Waals surface area (Å²) in [5.74, 6) is -1.62. The first-order chi connectivity index (χ1) is 22.1. The predicted molar refractivity (Wildman–Crippen MR) is 195 cm³/mol. The molecule has 0 aromatic carbocycles. The van der Waals surface area contributed by atoms with Gasteiger partial charge in [-0.15, -0.1) is 0 Å². The topological polar surface area (TPSA) is 27.7 Å². The smallest absolute Gasteiger partial charge is 0.233 e. The van der Waals surface area contributed by atoms with Crippen molar-refractivity contribution in [3.05, 3.63) is 96.6 Å². The summed E-state index contributed by atoms with van der Waals surface area (Å²) in [6.07, 6.45) is 52.4. The summed E-state index contributed by atoms with van der Waals surface area (Å²) < 4.78 is 19.1. The molecule has 45 heavy (non-hydrogen) atoms. The van der Waals surface area contributed by atoms with Crippen LogP contribution < -0.4 is 0 Å². The van der Waals surface area contributed by atoms with Crippen molar-refractivity contribution in [3.63, 3.8) is 0 Å². The van der Waals surface area contributed by atoms with Crippen molar-refractivity contribution in [3.8, 4) is 0 Å². The molecule has 3 nitrogen and oxygen atoms in total. The Morgan fingerprint density at radius 2 is 0.911 bits per heavy atom. The van der Waals surface area contributed by atoms with Crippen molar-refractivity contribution >= 4 is 0 Å². The average Bonchev–Trinajstić information content (AvgIpc) is 3.04. The molecule has 2 heterocycles. The van der Waals surface area contributed by atoms with Gasteiger partial charge in [0.05, 0.1) is 12.5 Å². The van der Waals surface area contributed by atoms with Crippen LogP contribution in [0.2, 0.25) is 0 Å². The number of hydrogen-bond donors (Lipinski definition) is 0. The number of allylic oxidation sites excluding steroid dienone is 12. The van der Waals surface area contributed by atoms with Gasteiger partial charge in [-0.2, -0.15) is 0 Å². The summed E-state index contributed by atoms with van der Waals surface area (Å²) in [6.45, 7) is 9.10. The van der Waals surface area contributed by atoms with E-state index in [1.54, 1.807) is 23.7 Å².